The Morgan fingerprint density at radius 1 is 1.16 bits per heavy atom. The van der Waals surface area contributed by atoms with E-state index in [4.69, 9.17) is 4.52 Å². The largest absolute Gasteiger partial charge is 0.390 e. The molecule has 200 valence electrons. The van der Waals surface area contributed by atoms with E-state index >= 15 is 0 Å². The highest BCUT2D eigenvalue weighted by molar-refractivity contribution is 5.95. The van der Waals surface area contributed by atoms with Crippen molar-refractivity contribution in [1.82, 2.24) is 35.3 Å². The van der Waals surface area contributed by atoms with Crippen LogP contribution in [0.1, 0.15) is 62.5 Å². The lowest BCUT2D eigenvalue weighted by atomic mass is 9.52. The number of nitrogens with zero attached hydrogens (tertiary/aromatic N) is 5. The number of hydrogen-bond acceptors (Lipinski definition) is 9. The number of anilines is 1. The monoisotopic (exact) mass is 520 g/mol. The van der Waals surface area contributed by atoms with Crippen LogP contribution in [0.25, 0.3) is 22.6 Å². The Morgan fingerprint density at radius 2 is 1.92 bits per heavy atom. The van der Waals surface area contributed by atoms with Gasteiger partial charge in [-0.2, -0.15) is 4.98 Å². The average Bonchev–Trinajstić information content (AvgIpc) is 3.56. The van der Waals surface area contributed by atoms with Crippen LogP contribution in [0.15, 0.2) is 17.0 Å². The van der Waals surface area contributed by atoms with Crippen molar-refractivity contribution in [3.05, 3.63) is 18.3 Å². The van der Waals surface area contributed by atoms with E-state index in [9.17, 15) is 14.7 Å². The number of pyridine rings is 1. The molecule has 4 N–H and O–H groups in total. The van der Waals surface area contributed by atoms with E-state index in [2.05, 4.69) is 35.7 Å². The number of likely N-dealkylation sites (tertiary alicyclic amines) is 1. The van der Waals surface area contributed by atoms with Crippen LogP contribution in [0.5, 0.6) is 0 Å². The molecule has 4 bridgehead atoms. The summed E-state index contributed by atoms with van der Waals surface area (Å²) in [5, 5.41) is 21.7. The van der Waals surface area contributed by atoms with Crippen molar-refractivity contribution in [3.8, 4) is 11.5 Å². The van der Waals surface area contributed by atoms with Gasteiger partial charge in [-0.15, -0.1) is 0 Å². The van der Waals surface area contributed by atoms with Gasteiger partial charge in [-0.05, 0) is 62.7 Å². The van der Waals surface area contributed by atoms with Crippen molar-refractivity contribution >= 4 is 28.7 Å². The van der Waals surface area contributed by atoms with Crippen LogP contribution in [0, 0.1) is 17.8 Å². The maximum Gasteiger partial charge on any atom is 0.292 e. The first-order valence-electron chi connectivity index (χ1n) is 13.6. The van der Waals surface area contributed by atoms with Crippen LogP contribution in [0.2, 0.25) is 0 Å². The van der Waals surface area contributed by atoms with Crippen molar-refractivity contribution in [2.24, 2.45) is 17.8 Å². The van der Waals surface area contributed by atoms with Gasteiger partial charge in [-0.3, -0.25) is 9.59 Å². The molecule has 0 radical (unpaired) electrons. The summed E-state index contributed by atoms with van der Waals surface area (Å²) in [7, 11) is 0. The normalized spacial score (nSPS) is 30.6. The summed E-state index contributed by atoms with van der Waals surface area (Å²) in [4.78, 5) is 42.7. The molecule has 0 spiro atoms. The number of imidazole rings is 1. The lowest BCUT2D eigenvalue weighted by Gasteiger charge is -2.58. The van der Waals surface area contributed by atoms with E-state index in [0.717, 1.165) is 37.8 Å². The van der Waals surface area contributed by atoms with Crippen molar-refractivity contribution in [1.29, 1.82) is 0 Å². The number of aliphatic hydroxyl groups is 1. The number of nitrogens with one attached hydrogen (secondary N) is 3. The van der Waals surface area contributed by atoms with E-state index in [1.54, 1.807) is 24.3 Å². The molecule has 8 rings (SSSR count). The van der Waals surface area contributed by atoms with Crippen LogP contribution >= 0.6 is 0 Å². The number of H-pyrrole nitrogens is 1. The van der Waals surface area contributed by atoms with Gasteiger partial charge in [-0.1, -0.05) is 5.16 Å². The zero-order valence-corrected chi connectivity index (χ0v) is 21.3. The summed E-state index contributed by atoms with van der Waals surface area (Å²) in [6, 6.07) is 0.158. The fraction of sp³-hybridized carbons (Fsp3) is 0.615. The second kappa shape index (κ2) is 8.75. The van der Waals surface area contributed by atoms with E-state index in [1.165, 1.54) is 0 Å². The molecule has 3 aromatic heterocycles. The molecule has 4 heterocycles. The average molecular weight is 521 g/mol. The summed E-state index contributed by atoms with van der Waals surface area (Å²) in [5.74, 6) is 1.18. The number of hydrogen-bond donors (Lipinski definition) is 4. The molecular formula is C26H32N8O4. The molecule has 1 unspecified atom stereocenters. The van der Waals surface area contributed by atoms with Gasteiger partial charge in [0.25, 0.3) is 17.6 Å². The Labute approximate surface area is 219 Å². The number of carbonyl (C=O) groups excluding carboxylic acids is 2. The maximum absolute atomic E-state index is 12.9. The Bertz CT molecular complexity index is 1380. The number of rotatable bonds is 5. The molecule has 12 heteroatoms. The van der Waals surface area contributed by atoms with Gasteiger partial charge in [0, 0.05) is 38.3 Å². The first-order valence-corrected chi connectivity index (χ1v) is 13.6. The molecule has 5 fully saturated rings. The van der Waals surface area contributed by atoms with E-state index in [1.807, 2.05) is 0 Å². The van der Waals surface area contributed by atoms with Crippen LogP contribution in [-0.2, 0) is 4.79 Å². The number of fused-ring (bicyclic) bond motifs is 1. The lowest BCUT2D eigenvalue weighted by molar-refractivity contribution is -0.130. The van der Waals surface area contributed by atoms with Gasteiger partial charge < -0.3 is 30.1 Å². The molecule has 12 nitrogen and oxygen atoms in total. The first-order chi connectivity index (χ1) is 18.3. The van der Waals surface area contributed by atoms with Gasteiger partial charge in [0.2, 0.25) is 5.91 Å². The van der Waals surface area contributed by atoms with Crippen LogP contribution in [0.4, 0.5) is 5.69 Å². The molecule has 1 saturated heterocycles. The van der Waals surface area contributed by atoms with Gasteiger partial charge in [0.05, 0.1) is 23.2 Å². The zero-order valence-electron chi connectivity index (χ0n) is 21.3. The van der Waals surface area contributed by atoms with Gasteiger partial charge in [0.1, 0.15) is 5.52 Å². The lowest BCUT2D eigenvalue weighted by Crippen LogP contribution is -2.59. The van der Waals surface area contributed by atoms with E-state index < -0.39 is 11.5 Å². The predicted octanol–water partition coefficient (Wildman–Crippen LogP) is 2.10. The first kappa shape index (κ1) is 23.6. The Hall–Kier alpha value is -3.54. The van der Waals surface area contributed by atoms with E-state index in [-0.39, 0.29) is 29.7 Å². The van der Waals surface area contributed by atoms with Gasteiger partial charge >= 0.3 is 0 Å². The quantitative estimate of drug-likeness (QED) is 0.395. The van der Waals surface area contributed by atoms with Crippen molar-refractivity contribution in [2.45, 2.75) is 69.6 Å². The highest BCUT2D eigenvalue weighted by atomic mass is 16.5. The molecule has 5 aliphatic rings. The predicted molar refractivity (Wildman–Crippen MR) is 136 cm³/mol. The molecule has 0 aromatic carbocycles. The molecule has 2 amide bonds. The molecule has 38 heavy (non-hydrogen) atoms. The highest BCUT2D eigenvalue weighted by Crippen LogP contribution is 2.56. The molecule has 4 saturated carbocycles. The minimum absolute atomic E-state index is 0.0427. The van der Waals surface area contributed by atoms with Crippen LogP contribution in [-0.4, -0.2) is 77.7 Å². The summed E-state index contributed by atoms with van der Waals surface area (Å²) >= 11 is 0. The second-order valence-corrected chi connectivity index (χ2v) is 11.7. The summed E-state index contributed by atoms with van der Waals surface area (Å²) in [5.41, 5.74) is 2.16. The number of carbonyl (C=O) groups is 2. The van der Waals surface area contributed by atoms with Crippen molar-refractivity contribution in [2.75, 3.05) is 18.4 Å². The summed E-state index contributed by atoms with van der Waals surface area (Å²) in [6.07, 6.45) is 9.45. The summed E-state index contributed by atoms with van der Waals surface area (Å²) < 4.78 is 5.57. The molecule has 4 aliphatic carbocycles. The van der Waals surface area contributed by atoms with Crippen molar-refractivity contribution in [3.63, 3.8) is 0 Å². The smallest absolute Gasteiger partial charge is 0.292 e. The van der Waals surface area contributed by atoms with E-state index in [0.29, 0.717) is 60.4 Å². The molecular weight excluding hydrogens is 488 g/mol. The number of piperidine rings is 1. The zero-order chi connectivity index (χ0) is 26.0. The molecule has 1 aliphatic heterocycles. The minimum Gasteiger partial charge on any atom is -0.390 e. The van der Waals surface area contributed by atoms with Gasteiger partial charge in [-0.25, -0.2) is 9.97 Å². The van der Waals surface area contributed by atoms with Crippen molar-refractivity contribution < 1.29 is 19.2 Å². The van der Waals surface area contributed by atoms with Crippen LogP contribution < -0.4 is 10.6 Å². The minimum atomic E-state index is -0.519. The standard InChI is InChI=1S/C26H32N8O4/c1-13(35)34-4-2-17(3-5-34)30-24(36)23-32-25(38-33-23)18-11-27-22-21(28-12-29-22)20(18)31-19-15-6-14-7-16(19)10-26(37,8-14)9-15/h11-12,14-17,19,37H,2-10H2,1H3,(H,30,36)(H2,27,28,29,31)/t14?,15-,16+,19+,26-. The number of aromatic nitrogens is 5. The topological polar surface area (TPSA) is 162 Å². The molecule has 3 aromatic rings. The molecule has 5 atom stereocenters. The Morgan fingerprint density at radius 3 is 2.63 bits per heavy atom. The Balaban J connectivity index is 1.13. The Kier molecular flexibility index (Phi) is 5.43. The highest BCUT2D eigenvalue weighted by Gasteiger charge is 2.55. The number of aromatic amines is 1. The summed E-state index contributed by atoms with van der Waals surface area (Å²) in [6.45, 7) is 2.79. The van der Waals surface area contributed by atoms with Gasteiger partial charge in [0.15, 0.2) is 5.65 Å². The maximum atomic E-state index is 12.9. The van der Waals surface area contributed by atoms with Crippen LogP contribution in [0.3, 0.4) is 0 Å². The second-order valence-electron chi connectivity index (χ2n) is 11.7. The third-order valence-electron chi connectivity index (χ3n) is 9.13. The third-order valence-corrected chi connectivity index (χ3v) is 9.13. The fourth-order valence-electron chi connectivity index (χ4n) is 7.60. The number of amides is 2. The fourth-order valence-corrected chi connectivity index (χ4v) is 7.60. The third kappa shape index (κ3) is 4.01. The SMILES string of the molecule is CC(=O)N1CCC(NC(=O)c2noc(-c3cnc4[nH]cnc4c3N[C@H]3[C@@H]4CC5C[C@H]3C[C@@](O)(C5)C4)n2)CC1.